The van der Waals surface area contributed by atoms with Crippen LogP contribution in [0, 0.1) is 0 Å². The molecule has 1 fully saturated rings. The van der Waals surface area contributed by atoms with Gasteiger partial charge in [-0.25, -0.2) is 0 Å². The summed E-state index contributed by atoms with van der Waals surface area (Å²) in [6.45, 7) is 3.81. The molecule has 448 valence electrons. The standard InChI is InChI=1S/C67H127NO8/c1-3-5-7-9-11-13-15-17-19-21-23-25-27-28-29-30-31-32-33-35-37-39-41-43-45-47-49-51-53-55-57-63(71)68-60(59-75-67-66(74)65(73)64(72)62(58-69)76-67)61(70)56-54-52-50-48-46-44-42-40-38-36-34-26-24-22-20-18-16-14-12-10-8-6-4-2/h28-29,46,48,54,56,60-62,64-67,69-70,72-74H,3-27,30-45,47,49-53,55,57-59H2,1-2H3,(H,68,71)/b29-28-,48-46+,56-54+. The maximum Gasteiger partial charge on any atom is 0.220 e. The van der Waals surface area contributed by atoms with Crippen LogP contribution in [0.25, 0.3) is 0 Å². The molecule has 1 aliphatic heterocycles. The van der Waals surface area contributed by atoms with Crippen molar-refractivity contribution in [2.24, 2.45) is 0 Å². The van der Waals surface area contributed by atoms with Crippen molar-refractivity contribution in [1.82, 2.24) is 5.32 Å². The minimum atomic E-state index is -1.57. The number of amides is 1. The molecule has 9 nitrogen and oxygen atoms in total. The smallest absolute Gasteiger partial charge is 0.220 e. The molecular weight excluding hydrogens is 947 g/mol. The molecule has 1 aliphatic rings. The van der Waals surface area contributed by atoms with Crippen LogP contribution in [0.2, 0.25) is 0 Å². The van der Waals surface area contributed by atoms with Gasteiger partial charge in [0, 0.05) is 6.42 Å². The number of aliphatic hydroxyl groups is 5. The molecule has 0 bridgehead atoms. The van der Waals surface area contributed by atoms with Gasteiger partial charge in [0.15, 0.2) is 6.29 Å². The zero-order chi connectivity index (χ0) is 55.0. The number of ether oxygens (including phenoxy) is 2. The number of unbranched alkanes of at least 4 members (excludes halogenated alkanes) is 44. The van der Waals surface area contributed by atoms with Crippen molar-refractivity contribution in [2.45, 2.75) is 371 Å². The van der Waals surface area contributed by atoms with Crippen molar-refractivity contribution in [2.75, 3.05) is 13.2 Å². The lowest BCUT2D eigenvalue weighted by molar-refractivity contribution is -0.302. The zero-order valence-electron chi connectivity index (χ0n) is 50.0. The number of carbonyl (C=O) groups excluding carboxylic acids is 1. The van der Waals surface area contributed by atoms with Crippen LogP contribution in [0.1, 0.15) is 328 Å². The molecule has 6 N–H and O–H groups in total. The summed E-state index contributed by atoms with van der Waals surface area (Å²) in [5.74, 6) is -0.181. The fourth-order valence-electron chi connectivity index (χ4n) is 10.7. The van der Waals surface area contributed by atoms with Crippen molar-refractivity contribution in [3.8, 4) is 0 Å². The Hall–Kier alpha value is -1.59. The average Bonchev–Trinajstić information content (AvgIpc) is 3.42. The molecule has 0 aromatic rings. The molecule has 0 aliphatic carbocycles. The van der Waals surface area contributed by atoms with Gasteiger partial charge in [-0.15, -0.1) is 0 Å². The third kappa shape index (κ3) is 45.2. The van der Waals surface area contributed by atoms with E-state index in [0.717, 1.165) is 38.5 Å². The van der Waals surface area contributed by atoms with Crippen molar-refractivity contribution in [3.05, 3.63) is 36.5 Å². The summed E-state index contributed by atoms with van der Waals surface area (Å²) in [6.07, 6.45) is 68.1. The highest BCUT2D eigenvalue weighted by Gasteiger charge is 2.44. The van der Waals surface area contributed by atoms with Crippen molar-refractivity contribution >= 4 is 5.91 Å². The van der Waals surface area contributed by atoms with Crippen LogP contribution in [-0.2, 0) is 14.3 Å². The number of hydrogen-bond acceptors (Lipinski definition) is 8. The summed E-state index contributed by atoms with van der Waals surface area (Å²) < 4.78 is 11.3. The van der Waals surface area contributed by atoms with E-state index in [-0.39, 0.29) is 12.5 Å². The highest BCUT2D eigenvalue weighted by Crippen LogP contribution is 2.23. The van der Waals surface area contributed by atoms with Gasteiger partial charge in [-0.3, -0.25) is 4.79 Å². The van der Waals surface area contributed by atoms with Gasteiger partial charge < -0.3 is 40.3 Å². The van der Waals surface area contributed by atoms with Gasteiger partial charge in [-0.2, -0.15) is 0 Å². The van der Waals surface area contributed by atoms with Crippen LogP contribution in [0.5, 0.6) is 0 Å². The van der Waals surface area contributed by atoms with Gasteiger partial charge >= 0.3 is 0 Å². The predicted octanol–water partition coefficient (Wildman–Crippen LogP) is 17.5. The van der Waals surface area contributed by atoms with Crippen LogP contribution in [0.3, 0.4) is 0 Å². The molecule has 0 radical (unpaired) electrons. The maximum atomic E-state index is 13.1. The van der Waals surface area contributed by atoms with Crippen LogP contribution < -0.4 is 5.32 Å². The molecular formula is C67H127NO8. The molecule has 7 atom stereocenters. The Morgan fingerprint density at radius 2 is 0.750 bits per heavy atom. The summed E-state index contributed by atoms with van der Waals surface area (Å²) >= 11 is 0. The Morgan fingerprint density at radius 3 is 1.11 bits per heavy atom. The summed E-state index contributed by atoms with van der Waals surface area (Å²) in [5, 5.41) is 54.7. The van der Waals surface area contributed by atoms with Crippen LogP contribution in [0.15, 0.2) is 36.5 Å². The molecule has 1 rings (SSSR count). The maximum absolute atomic E-state index is 13.1. The lowest BCUT2D eigenvalue weighted by atomic mass is 9.99. The highest BCUT2D eigenvalue weighted by molar-refractivity contribution is 5.76. The Bertz CT molecular complexity index is 1290. The summed E-state index contributed by atoms with van der Waals surface area (Å²) in [4.78, 5) is 13.1. The van der Waals surface area contributed by atoms with E-state index in [1.165, 1.54) is 270 Å². The van der Waals surface area contributed by atoms with Gasteiger partial charge in [-0.1, -0.05) is 301 Å². The van der Waals surface area contributed by atoms with E-state index in [0.29, 0.717) is 6.42 Å². The second-order valence-electron chi connectivity index (χ2n) is 23.3. The lowest BCUT2D eigenvalue weighted by Crippen LogP contribution is -2.60. The van der Waals surface area contributed by atoms with Gasteiger partial charge in [0.1, 0.15) is 24.4 Å². The van der Waals surface area contributed by atoms with Crippen molar-refractivity contribution < 1.29 is 39.8 Å². The second kappa shape index (κ2) is 56.7. The fourth-order valence-corrected chi connectivity index (χ4v) is 10.7. The molecule has 1 saturated heterocycles. The van der Waals surface area contributed by atoms with E-state index in [4.69, 9.17) is 9.47 Å². The average molecular weight is 1070 g/mol. The van der Waals surface area contributed by atoms with Gasteiger partial charge in [0.2, 0.25) is 5.91 Å². The molecule has 9 heteroatoms. The van der Waals surface area contributed by atoms with E-state index in [1.807, 2.05) is 6.08 Å². The van der Waals surface area contributed by atoms with E-state index in [1.54, 1.807) is 6.08 Å². The summed E-state index contributed by atoms with van der Waals surface area (Å²) in [5.41, 5.74) is 0. The number of aliphatic hydroxyl groups excluding tert-OH is 5. The van der Waals surface area contributed by atoms with E-state index < -0.39 is 49.5 Å². The summed E-state index contributed by atoms with van der Waals surface area (Å²) in [6, 6.07) is -0.822. The quantitative estimate of drug-likeness (QED) is 0.0261. The summed E-state index contributed by atoms with van der Waals surface area (Å²) in [7, 11) is 0. The topological polar surface area (TPSA) is 149 Å². The van der Waals surface area contributed by atoms with Gasteiger partial charge in [0.25, 0.3) is 0 Å². The van der Waals surface area contributed by atoms with E-state index >= 15 is 0 Å². The fraction of sp³-hybridized carbons (Fsp3) is 0.896. The Kier molecular flexibility index (Phi) is 54.0. The molecule has 0 spiro atoms. The molecule has 7 unspecified atom stereocenters. The van der Waals surface area contributed by atoms with Gasteiger partial charge in [0.05, 0.1) is 25.4 Å². The number of carbonyl (C=O) groups is 1. The third-order valence-corrected chi connectivity index (χ3v) is 15.9. The molecule has 76 heavy (non-hydrogen) atoms. The molecule has 0 saturated carbocycles. The van der Waals surface area contributed by atoms with Gasteiger partial charge in [-0.05, 0) is 57.8 Å². The first-order valence-corrected chi connectivity index (χ1v) is 33.2. The normalized spacial score (nSPS) is 19.0. The molecule has 0 aromatic heterocycles. The van der Waals surface area contributed by atoms with E-state index in [2.05, 4.69) is 43.5 Å². The number of allylic oxidation sites excluding steroid dienone is 5. The molecule has 1 amide bonds. The molecule has 1 heterocycles. The second-order valence-corrected chi connectivity index (χ2v) is 23.3. The first-order chi connectivity index (χ1) is 37.3. The lowest BCUT2D eigenvalue weighted by Gasteiger charge is -2.40. The minimum Gasteiger partial charge on any atom is -0.394 e. The Balaban J connectivity index is 2.16. The molecule has 0 aromatic carbocycles. The van der Waals surface area contributed by atoms with Crippen LogP contribution in [0.4, 0.5) is 0 Å². The Morgan fingerprint density at radius 1 is 0.434 bits per heavy atom. The SMILES string of the molecule is CCCCCCCCCCCCCC/C=C\CCCCCCCCCCCCCCCCC(=O)NC(COC1OC(CO)C(O)C(O)C1O)C(O)/C=C/CC/C=C/CCCCCCCCCCCCCCCCCCC. The highest BCUT2D eigenvalue weighted by atomic mass is 16.7. The van der Waals surface area contributed by atoms with Crippen LogP contribution >= 0.6 is 0 Å². The monoisotopic (exact) mass is 1070 g/mol. The van der Waals surface area contributed by atoms with Crippen molar-refractivity contribution in [1.29, 1.82) is 0 Å². The first-order valence-electron chi connectivity index (χ1n) is 33.2. The van der Waals surface area contributed by atoms with Crippen LogP contribution in [-0.4, -0.2) is 87.5 Å². The minimum absolute atomic E-state index is 0.181. The largest absolute Gasteiger partial charge is 0.394 e. The number of rotatable bonds is 58. The van der Waals surface area contributed by atoms with E-state index in [9.17, 15) is 30.3 Å². The Labute approximate surface area is 470 Å². The predicted molar refractivity (Wildman–Crippen MR) is 323 cm³/mol. The van der Waals surface area contributed by atoms with Crippen molar-refractivity contribution in [3.63, 3.8) is 0 Å². The number of hydrogen-bond donors (Lipinski definition) is 6. The zero-order valence-corrected chi connectivity index (χ0v) is 50.0. The number of nitrogens with one attached hydrogen (secondary N) is 1. The third-order valence-electron chi connectivity index (χ3n) is 15.9. The first kappa shape index (κ1) is 72.4.